The van der Waals surface area contributed by atoms with E-state index in [4.69, 9.17) is 0 Å². The molecule has 0 amide bonds. The molecule has 0 saturated heterocycles. The van der Waals surface area contributed by atoms with E-state index in [1.807, 2.05) is 18.6 Å². The Labute approximate surface area is 111 Å². The Bertz CT molecular complexity index is 590. The number of imidazole rings is 1. The van der Waals surface area contributed by atoms with Crippen LogP contribution < -0.4 is 0 Å². The lowest BCUT2D eigenvalue weighted by atomic mass is 9.96. The molecule has 1 N–H and O–H groups in total. The molecule has 0 saturated carbocycles. The zero-order valence-electron chi connectivity index (χ0n) is 10.6. The lowest BCUT2D eigenvalue weighted by molar-refractivity contribution is 0.0696. The van der Waals surface area contributed by atoms with E-state index in [9.17, 15) is 9.90 Å². The number of aryl methyl sites for hydroxylation is 1. The molecule has 0 radical (unpaired) electrons. The van der Waals surface area contributed by atoms with Crippen molar-refractivity contribution >= 4 is 5.97 Å². The smallest absolute Gasteiger partial charge is 0.335 e. The van der Waals surface area contributed by atoms with Crippen LogP contribution in [0, 0.1) is 0 Å². The molecule has 2 aromatic rings. The number of carboxylic acids is 1. The number of nitrogens with zero attached hydrogens (tertiary/aromatic N) is 2. The first-order valence-corrected chi connectivity index (χ1v) is 6.56. The summed E-state index contributed by atoms with van der Waals surface area (Å²) in [7, 11) is 0. The van der Waals surface area contributed by atoms with Crippen molar-refractivity contribution < 1.29 is 9.90 Å². The summed E-state index contributed by atoms with van der Waals surface area (Å²) in [5.41, 5.74) is 2.73. The summed E-state index contributed by atoms with van der Waals surface area (Å²) >= 11 is 0. The highest BCUT2D eigenvalue weighted by Gasteiger charge is 2.26. The number of carboxylic acid groups (broad SMARTS) is 1. The highest BCUT2D eigenvalue weighted by molar-refractivity contribution is 5.90. The predicted molar refractivity (Wildman–Crippen MR) is 71.3 cm³/mol. The Balaban J connectivity index is 1.78. The van der Waals surface area contributed by atoms with E-state index in [1.54, 1.807) is 12.3 Å². The lowest BCUT2D eigenvalue weighted by Gasteiger charge is -2.12. The van der Waals surface area contributed by atoms with Gasteiger partial charge in [0.1, 0.15) is 0 Å². The molecule has 1 aliphatic rings. The molecular formula is C15H16N2O2. The Morgan fingerprint density at radius 3 is 3.11 bits per heavy atom. The van der Waals surface area contributed by atoms with Gasteiger partial charge in [0.25, 0.3) is 0 Å². The van der Waals surface area contributed by atoms with E-state index in [0.29, 0.717) is 11.5 Å². The second-order valence-corrected chi connectivity index (χ2v) is 5.00. The Hall–Kier alpha value is -2.10. The first kappa shape index (κ1) is 12.0. The fraction of sp³-hybridized carbons (Fsp3) is 0.333. The normalized spacial score (nSPS) is 17.4. The maximum atomic E-state index is 11.2. The molecule has 0 spiro atoms. The van der Waals surface area contributed by atoms with E-state index in [0.717, 1.165) is 31.4 Å². The van der Waals surface area contributed by atoms with E-state index >= 15 is 0 Å². The number of fused-ring (bicyclic) bond motifs is 1. The molecule has 19 heavy (non-hydrogen) atoms. The van der Waals surface area contributed by atoms with Gasteiger partial charge in [-0.15, -0.1) is 0 Å². The highest BCUT2D eigenvalue weighted by Crippen LogP contribution is 2.37. The van der Waals surface area contributed by atoms with Gasteiger partial charge in [-0.25, -0.2) is 9.78 Å². The van der Waals surface area contributed by atoms with E-state index in [1.165, 1.54) is 5.56 Å². The van der Waals surface area contributed by atoms with Crippen molar-refractivity contribution in [3.05, 3.63) is 53.6 Å². The molecule has 0 aliphatic heterocycles. The van der Waals surface area contributed by atoms with Gasteiger partial charge in [-0.3, -0.25) is 0 Å². The topological polar surface area (TPSA) is 55.1 Å². The summed E-state index contributed by atoms with van der Waals surface area (Å²) < 4.78 is 2.07. The zero-order valence-corrected chi connectivity index (χ0v) is 10.6. The summed E-state index contributed by atoms with van der Waals surface area (Å²) in [6.07, 6.45) is 8.53. The molecular weight excluding hydrogens is 240 g/mol. The van der Waals surface area contributed by atoms with Crippen molar-refractivity contribution in [1.29, 1.82) is 0 Å². The van der Waals surface area contributed by atoms with Crippen molar-refractivity contribution in [3.8, 4) is 0 Å². The highest BCUT2D eigenvalue weighted by atomic mass is 16.4. The summed E-state index contributed by atoms with van der Waals surface area (Å²) in [6.45, 7) is 0.932. The van der Waals surface area contributed by atoms with Crippen LogP contribution in [0.2, 0.25) is 0 Å². The van der Waals surface area contributed by atoms with Crippen LogP contribution in [0.1, 0.15) is 40.2 Å². The number of hydrogen-bond acceptors (Lipinski definition) is 2. The molecule has 4 nitrogen and oxygen atoms in total. The Morgan fingerprint density at radius 2 is 2.37 bits per heavy atom. The average Bonchev–Trinajstić information content (AvgIpc) is 3.05. The second kappa shape index (κ2) is 4.88. The molecule has 1 heterocycles. The van der Waals surface area contributed by atoms with Gasteiger partial charge in [-0.2, -0.15) is 0 Å². The number of aromatic nitrogens is 2. The Morgan fingerprint density at radius 1 is 1.47 bits per heavy atom. The maximum absolute atomic E-state index is 11.2. The standard InChI is InChI=1S/C15H16N2O2/c18-15(19)14-3-1-2-12-11(4-5-13(12)14)6-8-17-9-7-16-10-17/h1-3,7,9-11H,4-6,8H2,(H,18,19). The van der Waals surface area contributed by atoms with Crippen molar-refractivity contribution in [3.63, 3.8) is 0 Å². The van der Waals surface area contributed by atoms with Crippen molar-refractivity contribution in [1.82, 2.24) is 9.55 Å². The third kappa shape index (κ3) is 2.26. The van der Waals surface area contributed by atoms with E-state index < -0.39 is 5.97 Å². The quantitative estimate of drug-likeness (QED) is 0.915. The largest absolute Gasteiger partial charge is 0.478 e. The molecule has 1 aliphatic carbocycles. The SMILES string of the molecule is O=C(O)c1cccc2c1CCC2CCn1ccnc1. The van der Waals surface area contributed by atoms with Crippen LogP contribution in [0.15, 0.2) is 36.9 Å². The van der Waals surface area contributed by atoms with Gasteiger partial charge in [-0.05, 0) is 42.4 Å². The first-order valence-electron chi connectivity index (χ1n) is 6.56. The van der Waals surface area contributed by atoms with Gasteiger partial charge in [0.05, 0.1) is 11.9 Å². The van der Waals surface area contributed by atoms with Crippen LogP contribution in [-0.4, -0.2) is 20.6 Å². The summed E-state index contributed by atoms with van der Waals surface area (Å²) in [5.74, 6) is -0.344. The van der Waals surface area contributed by atoms with Crippen LogP contribution in [0.4, 0.5) is 0 Å². The molecule has 98 valence electrons. The summed E-state index contributed by atoms with van der Waals surface area (Å²) in [6, 6.07) is 5.64. The molecule has 1 atom stereocenters. The lowest BCUT2D eigenvalue weighted by Crippen LogP contribution is -2.03. The molecule has 1 aromatic heterocycles. The fourth-order valence-corrected chi connectivity index (χ4v) is 2.96. The van der Waals surface area contributed by atoms with Gasteiger partial charge >= 0.3 is 5.97 Å². The van der Waals surface area contributed by atoms with Crippen LogP contribution in [0.25, 0.3) is 0 Å². The number of aromatic carboxylic acids is 1. The number of benzene rings is 1. The maximum Gasteiger partial charge on any atom is 0.335 e. The van der Waals surface area contributed by atoms with Crippen LogP contribution >= 0.6 is 0 Å². The first-order chi connectivity index (χ1) is 9.25. The Kier molecular flexibility index (Phi) is 3.07. The van der Waals surface area contributed by atoms with Crippen molar-refractivity contribution in [2.24, 2.45) is 0 Å². The molecule has 0 fully saturated rings. The van der Waals surface area contributed by atoms with Gasteiger partial charge in [-0.1, -0.05) is 12.1 Å². The average molecular weight is 256 g/mol. The van der Waals surface area contributed by atoms with Crippen molar-refractivity contribution in [2.45, 2.75) is 31.7 Å². The second-order valence-electron chi connectivity index (χ2n) is 5.00. The van der Waals surface area contributed by atoms with E-state index in [2.05, 4.69) is 15.6 Å². The van der Waals surface area contributed by atoms with Gasteiger partial charge in [0.15, 0.2) is 0 Å². The number of rotatable bonds is 4. The minimum absolute atomic E-state index is 0.469. The van der Waals surface area contributed by atoms with Crippen molar-refractivity contribution in [2.75, 3.05) is 0 Å². The third-order valence-electron chi connectivity index (χ3n) is 3.92. The number of hydrogen-bond donors (Lipinski definition) is 1. The molecule has 1 unspecified atom stereocenters. The minimum Gasteiger partial charge on any atom is -0.478 e. The molecule has 4 heteroatoms. The van der Waals surface area contributed by atoms with Gasteiger partial charge < -0.3 is 9.67 Å². The zero-order chi connectivity index (χ0) is 13.2. The van der Waals surface area contributed by atoms with Gasteiger partial charge in [0.2, 0.25) is 0 Å². The third-order valence-corrected chi connectivity index (χ3v) is 3.92. The van der Waals surface area contributed by atoms with Crippen LogP contribution in [0.3, 0.4) is 0 Å². The number of carbonyl (C=O) groups is 1. The van der Waals surface area contributed by atoms with Crippen LogP contribution in [-0.2, 0) is 13.0 Å². The molecule has 0 bridgehead atoms. The minimum atomic E-state index is -0.813. The molecule has 3 rings (SSSR count). The summed E-state index contributed by atoms with van der Waals surface area (Å²) in [5, 5.41) is 9.20. The van der Waals surface area contributed by atoms with Gasteiger partial charge in [0, 0.05) is 18.9 Å². The summed E-state index contributed by atoms with van der Waals surface area (Å²) in [4.78, 5) is 15.2. The van der Waals surface area contributed by atoms with E-state index in [-0.39, 0.29) is 0 Å². The predicted octanol–water partition coefficient (Wildman–Crippen LogP) is 2.70. The fourth-order valence-electron chi connectivity index (χ4n) is 2.96. The monoisotopic (exact) mass is 256 g/mol. The van der Waals surface area contributed by atoms with Crippen LogP contribution in [0.5, 0.6) is 0 Å². The molecule has 1 aromatic carbocycles.